The molecule has 2 heterocycles. The molecule has 0 aliphatic rings. The van der Waals surface area contributed by atoms with Crippen molar-refractivity contribution in [2.24, 2.45) is 0 Å². The van der Waals surface area contributed by atoms with Gasteiger partial charge in [0, 0.05) is 24.8 Å². The summed E-state index contributed by atoms with van der Waals surface area (Å²) in [4.78, 5) is 29.0. The van der Waals surface area contributed by atoms with Crippen LogP contribution in [0.5, 0.6) is 0 Å². The molecule has 2 aromatic rings. The molecule has 2 aromatic heterocycles. The highest BCUT2D eigenvalue weighted by atomic mass is 32.1. The average Bonchev–Trinajstić information content (AvgIpc) is 2.87. The maximum atomic E-state index is 11.9. The van der Waals surface area contributed by atoms with Gasteiger partial charge in [-0.25, -0.2) is 9.78 Å². The van der Waals surface area contributed by atoms with Gasteiger partial charge in [-0.1, -0.05) is 0 Å². The fourth-order valence-electron chi connectivity index (χ4n) is 1.52. The Morgan fingerprint density at radius 2 is 2.33 bits per heavy atom. The van der Waals surface area contributed by atoms with E-state index in [1.165, 1.54) is 30.2 Å². The molecule has 0 aliphatic heterocycles. The molecule has 0 fully saturated rings. The number of carbonyl (C=O) groups is 2. The van der Waals surface area contributed by atoms with Crippen LogP contribution in [0.25, 0.3) is 4.96 Å². The maximum Gasteiger partial charge on any atom is 0.326 e. The van der Waals surface area contributed by atoms with Crippen LogP contribution in [0.1, 0.15) is 12.6 Å². The van der Waals surface area contributed by atoms with E-state index in [9.17, 15) is 9.59 Å². The molecule has 0 saturated carbocycles. The molecular formula is C11H13N3O3S. The molecule has 0 bridgehead atoms. The number of aromatic nitrogens is 2. The van der Waals surface area contributed by atoms with Crippen LogP contribution in [0.3, 0.4) is 0 Å². The maximum absolute atomic E-state index is 11.9. The number of thiazole rings is 1. The summed E-state index contributed by atoms with van der Waals surface area (Å²) in [6.07, 6.45) is 3.76. The molecule has 0 spiro atoms. The largest absolute Gasteiger partial charge is 0.480 e. The van der Waals surface area contributed by atoms with Gasteiger partial charge < -0.3 is 10.0 Å². The zero-order chi connectivity index (χ0) is 13.3. The molecule has 7 heteroatoms. The normalized spacial score (nSPS) is 12.6. The molecular weight excluding hydrogens is 254 g/mol. The van der Waals surface area contributed by atoms with Gasteiger partial charge in [-0.2, -0.15) is 0 Å². The van der Waals surface area contributed by atoms with Gasteiger partial charge in [-0.15, -0.1) is 11.3 Å². The monoisotopic (exact) mass is 267 g/mol. The molecule has 1 atom stereocenters. The Hall–Kier alpha value is -1.89. The van der Waals surface area contributed by atoms with E-state index >= 15 is 0 Å². The van der Waals surface area contributed by atoms with Gasteiger partial charge in [0.05, 0.1) is 12.1 Å². The predicted octanol–water partition coefficient (Wildman–Crippen LogP) is 0.870. The van der Waals surface area contributed by atoms with Crippen molar-refractivity contribution < 1.29 is 14.7 Å². The lowest BCUT2D eigenvalue weighted by Crippen LogP contribution is -2.41. The van der Waals surface area contributed by atoms with Crippen molar-refractivity contribution in [3.8, 4) is 0 Å². The number of hydrogen-bond donors (Lipinski definition) is 1. The van der Waals surface area contributed by atoms with Crippen LogP contribution in [0, 0.1) is 0 Å². The Kier molecular flexibility index (Phi) is 3.33. The van der Waals surface area contributed by atoms with Gasteiger partial charge >= 0.3 is 5.97 Å². The number of hydrogen-bond acceptors (Lipinski definition) is 4. The first-order valence-electron chi connectivity index (χ1n) is 5.38. The number of likely N-dealkylation sites (N-methyl/N-ethyl adjacent to an activating group) is 1. The molecule has 18 heavy (non-hydrogen) atoms. The molecule has 0 radical (unpaired) electrons. The highest BCUT2D eigenvalue weighted by Gasteiger charge is 2.22. The van der Waals surface area contributed by atoms with Crippen LogP contribution in [0.15, 0.2) is 17.8 Å². The first kappa shape index (κ1) is 12.6. The van der Waals surface area contributed by atoms with E-state index in [0.29, 0.717) is 5.69 Å². The Morgan fingerprint density at radius 1 is 1.61 bits per heavy atom. The quantitative estimate of drug-likeness (QED) is 0.892. The molecule has 0 aliphatic carbocycles. The zero-order valence-corrected chi connectivity index (χ0v) is 10.8. The van der Waals surface area contributed by atoms with Crippen molar-refractivity contribution >= 4 is 28.2 Å². The molecule has 0 aromatic carbocycles. The lowest BCUT2D eigenvalue weighted by Gasteiger charge is -2.20. The average molecular weight is 267 g/mol. The summed E-state index contributed by atoms with van der Waals surface area (Å²) in [6, 6.07) is -0.832. The summed E-state index contributed by atoms with van der Waals surface area (Å²) in [6.45, 7) is 1.48. The van der Waals surface area contributed by atoms with Gasteiger partial charge in [-0.3, -0.25) is 9.20 Å². The van der Waals surface area contributed by atoms with Crippen LogP contribution in [-0.2, 0) is 16.0 Å². The summed E-state index contributed by atoms with van der Waals surface area (Å²) in [5, 5.41) is 10.7. The Morgan fingerprint density at radius 3 is 2.94 bits per heavy atom. The van der Waals surface area contributed by atoms with Gasteiger partial charge in [0.2, 0.25) is 5.91 Å². The van der Waals surface area contributed by atoms with Crippen LogP contribution in [-0.4, -0.2) is 44.4 Å². The smallest absolute Gasteiger partial charge is 0.326 e. The Labute approximate surface area is 107 Å². The number of nitrogens with zero attached hydrogens (tertiary/aromatic N) is 3. The minimum Gasteiger partial charge on any atom is -0.480 e. The highest BCUT2D eigenvalue weighted by Crippen LogP contribution is 2.12. The fourth-order valence-corrected chi connectivity index (χ4v) is 2.24. The van der Waals surface area contributed by atoms with E-state index in [0.717, 1.165) is 4.96 Å². The number of carbonyl (C=O) groups excluding carboxylic acids is 1. The van der Waals surface area contributed by atoms with Gasteiger partial charge in [0.15, 0.2) is 4.96 Å². The summed E-state index contributed by atoms with van der Waals surface area (Å²) in [7, 11) is 1.49. The molecule has 6 nitrogen and oxygen atoms in total. The minimum absolute atomic E-state index is 0.114. The lowest BCUT2D eigenvalue weighted by molar-refractivity contribution is -0.148. The van der Waals surface area contributed by atoms with Crippen molar-refractivity contribution in [3.05, 3.63) is 23.5 Å². The fraction of sp³-hybridized carbons (Fsp3) is 0.364. The second-order valence-corrected chi connectivity index (χ2v) is 4.89. The summed E-state index contributed by atoms with van der Waals surface area (Å²) in [5.74, 6) is -1.27. The van der Waals surface area contributed by atoms with Gasteiger partial charge in [0.25, 0.3) is 0 Å². The number of amides is 1. The van der Waals surface area contributed by atoms with E-state index in [1.54, 1.807) is 6.20 Å². The second-order valence-electron chi connectivity index (χ2n) is 4.02. The number of rotatable bonds is 4. The SMILES string of the molecule is CC(C(=O)O)N(C)C(=O)Cc1cn2ccsc2n1. The highest BCUT2D eigenvalue weighted by molar-refractivity contribution is 7.15. The van der Waals surface area contributed by atoms with Crippen LogP contribution in [0.4, 0.5) is 0 Å². The molecule has 1 N–H and O–H groups in total. The molecule has 1 unspecified atom stereocenters. The third kappa shape index (κ3) is 2.35. The van der Waals surface area contributed by atoms with Crippen molar-refractivity contribution in [2.75, 3.05) is 7.05 Å². The number of carboxylic acids is 1. The van der Waals surface area contributed by atoms with E-state index in [1.807, 2.05) is 16.0 Å². The molecule has 1 amide bonds. The standard InChI is InChI=1S/C11H13N3O3S/c1-7(10(16)17)13(2)9(15)5-8-6-14-3-4-18-11(14)12-8/h3-4,6-7H,5H2,1-2H3,(H,16,17). The van der Waals surface area contributed by atoms with Gasteiger partial charge in [0.1, 0.15) is 6.04 Å². The van der Waals surface area contributed by atoms with E-state index in [-0.39, 0.29) is 12.3 Å². The summed E-state index contributed by atoms with van der Waals surface area (Å²) in [5.41, 5.74) is 0.649. The summed E-state index contributed by atoms with van der Waals surface area (Å²) >= 11 is 1.49. The van der Waals surface area contributed by atoms with E-state index in [4.69, 9.17) is 5.11 Å². The van der Waals surface area contributed by atoms with Crippen LogP contribution < -0.4 is 0 Å². The number of aliphatic carboxylic acids is 1. The first-order valence-corrected chi connectivity index (χ1v) is 6.26. The third-order valence-corrected chi connectivity index (χ3v) is 3.58. The Balaban J connectivity index is 2.07. The predicted molar refractivity (Wildman–Crippen MR) is 66.6 cm³/mol. The molecule has 2 rings (SSSR count). The van der Waals surface area contributed by atoms with E-state index < -0.39 is 12.0 Å². The zero-order valence-electron chi connectivity index (χ0n) is 10.0. The summed E-state index contributed by atoms with van der Waals surface area (Å²) < 4.78 is 1.84. The Bertz CT molecular complexity index is 561. The number of imidazole rings is 1. The van der Waals surface area contributed by atoms with Crippen molar-refractivity contribution in [1.29, 1.82) is 0 Å². The van der Waals surface area contributed by atoms with Crippen molar-refractivity contribution in [3.63, 3.8) is 0 Å². The van der Waals surface area contributed by atoms with Crippen LogP contribution in [0.2, 0.25) is 0 Å². The minimum atomic E-state index is -1.02. The molecule has 0 saturated heterocycles. The topological polar surface area (TPSA) is 74.9 Å². The van der Waals surface area contributed by atoms with Crippen molar-refractivity contribution in [1.82, 2.24) is 14.3 Å². The third-order valence-electron chi connectivity index (χ3n) is 2.81. The number of carboxylic acid groups (broad SMARTS) is 1. The molecule has 96 valence electrons. The second kappa shape index (κ2) is 4.77. The van der Waals surface area contributed by atoms with Gasteiger partial charge in [-0.05, 0) is 6.92 Å². The first-order chi connectivity index (χ1) is 8.49. The van der Waals surface area contributed by atoms with E-state index in [2.05, 4.69) is 4.98 Å². The lowest BCUT2D eigenvalue weighted by atomic mass is 10.2. The van der Waals surface area contributed by atoms with Crippen molar-refractivity contribution in [2.45, 2.75) is 19.4 Å². The van der Waals surface area contributed by atoms with Crippen LogP contribution >= 0.6 is 11.3 Å². The number of fused-ring (bicyclic) bond motifs is 1.